The lowest BCUT2D eigenvalue weighted by Crippen LogP contribution is -2.06. The number of alkyl halides is 3. The van der Waals surface area contributed by atoms with E-state index in [9.17, 15) is 23.3 Å². The first-order valence-corrected chi connectivity index (χ1v) is 9.12. The van der Waals surface area contributed by atoms with Crippen LogP contribution < -0.4 is 5.43 Å². The summed E-state index contributed by atoms with van der Waals surface area (Å²) in [5.41, 5.74) is 1.23. The van der Waals surface area contributed by atoms with E-state index in [4.69, 9.17) is 0 Å². The fraction of sp³-hybridized carbons (Fsp3) is 0.0500. The summed E-state index contributed by atoms with van der Waals surface area (Å²) in [4.78, 5) is 12.3. The molecule has 3 aromatic rings. The molecule has 3 rings (SSSR count). The van der Waals surface area contributed by atoms with Gasteiger partial charge >= 0.3 is 6.18 Å². The van der Waals surface area contributed by atoms with E-state index in [1.807, 2.05) is 54.6 Å². The molecule has 0 atom stereocenters. The lowest BCUT2D eigenvalue weighted by Gasteiger charge is -2.08. The smallest absolute Gasteiger partial charge is 0.272 e. The van der Waals surface area contributed by atoms with Crippen molar-refractivity contribution in [3.05, 3.63) is 94.0 Å². The van der Waals surface area contributed by atoms with Gasteiger partial charge in [-0.05, 0) is 42.0 Å². The van der Waals surface area contributed by atoms with Gasteiger partial charge in [-0.3, -0.25) is 15.5 Å². The number of hydrazone groups is 1. The fourth-order valence-corrected chi connectivity index (χ4v) is 3.21. The molecule has 29 heavy (non-hydrogen) atoms. The molecule has 0 bridgehead atoms. The molecular weight excluding hydrogens is 403 g/mol. The molecule has 0 spiro atoms. The fourth-order valence-electron chi connectivity index (χ4n) is 2.38. The van der Waals surface area contributed by atoms with Crippen LogP contribution in [0, 0.1) is 10.1 Å². The number of hydrogen-bond acceptors (Lipinski definition) is 5. The first-order valence-electron chi connectivity index (χ1n) is 8.30. The number of nitrogens with one attached hydrogen (secondary N) is 1. The van der Waals surface area contributed by atoms with Crippen LogP contribution in [-0.4, -0.2) is 11.1 Å². The minimum absolute atomic E-state index is 0.129. The average molecular weight is 417 g/mol. The predicted octanol–water partition coefficient (Wildman–Crippen LogP) is 6.21. The second kappa shape index (κ2) is 8.78. The summed E-state index contributed by atoms with van der Waals surface area (Å²) in [5.74, 6) is 0. The minimum atomic E-state index is -4.66. The van der Waals surface area contributed by atoms with Crippen molar-refractivity contribution in [2.24, 2.45) is 5.10 Å². The third-order valence-electron chi connectivity index (χ3n) is 3.78. The van der Waals surface area contributed by atoms with Gasteiger partial charge in [-0.1, -0.05) is 42.1 Å². The Hall–Kier alpha value is -3.33. The molecule has 0 aliphatic heterocycles. The lowest BCUT2D eigenvalue weighted by atomic mass is 10.1. The number of nitro groups is 1. The monoisotopic (exact) mass is 417 g/mol. The molecule has 5 nitrogen and oxygen atoms in total. The van der Waals surface area contributed by atoms with Gasteiger partial charge in [-0.2, -0.15) is 18.3 Å². The summed E-state index contributed by atoms with van der Waals surface area (Å²) in [6, 6.07) is 19.5. The van der Waals surface area contributed by atoms with Gasteiger partial charge in [-0.15, -0.1) is 0 Å². The third-order valence-corrected chi connectivity index (χ3v) is 4.80. The van der Waals surface area contributed by atoms with Crippen molar-refractivity contribution in [2.45, 2.75) is 16.0 Å². The molecule has 0 saturated heterocycles. The van der Waals surface area contributed by atoms with Crippen molar-refractivity contribution in [2.75, 3.05) is 5.43 Å². The van der Waals surface area contributed by atoms with Crippen LogP contribution in [-0.2, 0) is 6.18 Å². The zero-order chi connectivity index (χ0) is 20.9. The molecule has 3 aromatic carbocycles. The van der Waals surface area contributed by atoms with Crippen molar-refractivity contribution in [3.63, 3.8) is 0 Å². The zero-order valence-electron chi connectivity index (χ0n) is 14.8. The lowest BCUT2D eigenvalue weighted by molar-refractivity contribution is -0.384. The Morgan fingerprint density at radius 3 is 2.24 bits per heavy atom. The molecule has 1 N–H and O–H groups in total. The Morgan fingerprint density at radius 2 is 1.62 bits per heavy atom. The van der Waals surface area contributed by atoms with Crippen molar-refractivity contribution in [1.29, 1.82) is 0 Å². The van der Waals surface area contributed by atoms with E-state index < -0.39 is 22.4 Å². The molecule has 0 unspecified atom stereocenters. The highest BCUT2D eigenvalue weighted by Gasteiger charge is 2.33. The van der Waals surface area contributed by atoms with Crippen LogP contribution in [0.15, 0.2) is 87.7 Å². The Bertz CT molecular complexity index is 1020. The van der Waals surface area contributed by atoms with Gasteiger partial charge in [-0.25, -0.2) is 0 Å². The standard InChI is InChI=1S/C20H14F3N3O2S/c21-20(22,23)15-8-11-18(19(12-15)26(27)28)25-24-13-14-6-9-17(10-7-14)29-16-4-2-1-3-5-16/h1-13,25H/b24-13-. The van der Waals surface area contributed by atoms with Crippen LogP contribution in [0.25, 0.3) is 0 Å². The highest BCUT2D eigenvalue weighted by atomic mass is 32.2. The molecule has 148 valence electrons. The van der Waals surface area contributed by atoms with E-state index >= 15 is 0 Å². The summed E-state index contributed by atoms with van der Waals surface area (Å²) >= 11 is 1.60. The van der Waals surface area contributed by atoms with Crippen LogP contribution in [0.3, 0.4) is 0 Å². The Labute approximate surface area is 168 Å². The van der Waals surface area contributed by atoms with Crippen molar-refractivity contribution in [1.82, 2.24) is 0 Å². The topological polar surface area (TPSA) is 67.5 Å². The van der Waals surface area contributed by atoms with Crippen LogP contribution >= 0.6 is 11.8 Å². The molecule has 0 heterocycles. The van der Waals surface area contributed by atoms with Gasteiger partial charge in [0.15, 0.2) is 0 Å². The third kappa shape index (κ3) is 5.58. The first kappa shape index (κ1) is 20.4. The van der Waals surface area contributed by atoms with Crippen molar-refractivity contribution in [3.8, 4) is 0 Å². The first-order chi connectivity index (χ1) is 13.8. The van der Waals surface area contributed by atoms with E-state index in [1.165, 1.54) is 6.21 Å². The molecule has 0 saturated carbocycles. The quantitative estimate of drug-likeness (QED) is 0.294. The van der Waals surface area contributed by atoms with Gasteiger partial charge in [0.25, 0.3) is 5.69 Å². The molecule has 0 fully saturated rings. The van der Waals surface area contributed by atoms with E-state index in [0.29, 0.717) is 6.07 Å². The molecule has 0 aliphatic rings. The van der Waals surface area contributed by atoms with E-state index in [2.05, 4.69) is 10.5 Å². The Morgan fingerprint density at radius 1 is 0.966 bits per heavy atom. The van der Waals surface area contributed by atoms with E-state index in [0.717, 1.165) is 27.5 Å². The van der Waals surface area contributed by atoms with Gasteiger partial charge in [0.05, 0.1) is 16.7 Å². The summed E-state index contributed by atoms with van der Waals surface area (Å²) in [6.45, 7) is 0. The van der Waals surface area contributed by atoms with Gasteiger partial charge in [0.1, 0.15) is 5.69 Å². The molecule has 0 radical (unpaired) electrons. The number of nitro benzene ring substituents is 1. The molecule has 0 aliphatic carbocycles. The Kier molecular flexibility index (Phi) is 6.18. The number of nitrogens with zero attached hydrogens (tertiary/aromatic N) is 2. The minimum Gasteiger partial charge on any atom is -0.272 e. The average Bonchev–Trinajstić information content (AvgIpc) is 2.69. The molecular formula is C20H14F3N3O2S. The number of anilines is 1. The second-order valence-electron chi connectivity index (χ2n) is 5.84. The summed E-state index contributed by atoms with van der Waals surface area (Å²) < 4.78 is 38.2. The second-order valence-corrected chi connectivity index (χ2v) is 6.99. The van der Waals surface area contributed by atoms with Gasteiger partial charge < -0.3 is 0 Å². The number of hydrogen-bond donors (Lipinski definition) is 1. The Balaban J connectivity index is 1.69. The maximum absolute atomic E-state index is 12.7. The zero-order valence-corrected chi connectivity index (χ0v) is 15.6. The van der Waals surface area contributed by atoms with E-state index in [-0.39, 0.29) is 5.69 Å². The summed E-state index contributed by atoms with van der Waals surface area (Å²) in [7, 11) is 0. The maximum atomic E-state index is 12.7. The SMILES string of the molecule is O=[N+]([O-])c1cc(C(F)(F)F)ccc1N/N=C\c1ccc(Sc2ccccc2)cc1. The van der Waals surface area contributed by atoms with Crippen LogP contribution in [0.4, 0.5) is 24.5 Å². The highest BCUT2D eigenvalue weighted by Crippen LogP contribution is 2.35. The number of rotatable bonds is 6. The largest absolute Gasteiger partial charge is 0.416 e. The highest BCUT2D eigenvalue weighted by molar-refractivity contribution is 7.99. The molecule has 9 heteroatoms. The van der Waals surface area contributed by atoms with Crippen LogP contribution in [0.2, 0.25) is 0 Å². The number of halogens is 3. The predicted molar refractivity (Wildman–Crippen MR) is 106 cm³/mol. The van der Waals surface area contributed by atoms with Crippen molar-refractivity contribution >= 4 is 29.4 Å². The van der Waals surface area contributed by atoms with Gasteiger partial charge in [0.2, 0.25) is 0 Å². The summed E-state index contributed by atoms with van der Waals surface area (Å²) in [5, 5.41) is 15.0. The molecule has 0 amide bonds. The number of benzene rings is 3. The van der Waals surface area contributed by atoms with Gasteiger partial charge in [0, 0.05) is 15.9 Å². The van der Waals surface area contributed by atoms with Crippen LogP contribution in [0.1, 0.15) is 11.1 Å². The summed E-state index contributed by atoms with van der Waals surface area (Å²) in [6.07, 6.45) is -3.23. The van der Waals surface area contributed by atoms with Crippen molar-refractivity contribution < 1.29 is 18.1 Å². The maximum Gasteiger partial charge on any atom is 0.416 e. The van der Waals surface area contributed by atoms with E-state index in [1.54, 1.807) is 11.8 Å². The normalized spacial score (nSPS) is 11.6. The molecule has 0 aromatic heterocycles. The van der Waals surface area contributed by atoms with Crippen LogP contribution in [0.5, 0.6) is 0 Å².